The van der Waals surface area contributed by atoms with Crippen LogP contribution in [0.2, 0.25) is 0 Å². The summed E-state index contributed by atoms with van der Waals surface area (Å²) in [6.45, 7) is 1.61. The van der Waals surface area contributed by atoms with Gasteiger partial charge in [-0.3, -0.25) is 0 Å². The third-order valence-electron chi connectivity index (χ3n) is 8.91. The molecule has 0 bridgehead atoms. The highest BCUT2D eigenvalue weighted by atomic mass is 32.2. The Morgan fingerprint density at radius 1 is 0.952 bits per heavy atom. The van der Waals surface area contributed by atoms with Crippen molar-refractivity contribution in [2.24, 2.45) is 0 Å². The topological polar surface area (TPSA) is 122 Å². The first-order valence-electron chi connectivity index (χ1n) is 14.7. The van der Waals surface area contributed by atoms with E-state index >= 15 is 0 Å². The Bertz CT molecular complexity index is 1630. The lowest BCUT2D eigenvalue weighted by Gasteiger charge is -2.38. The zero-order chi connectivity index (χ0) is 29.4. The van der Waals surface area contributed by atoms with E-state index in [0.717, 1.165) is 23.6 Å². The molecule has 3 fully saturated rings. The molecule has 11 heteroatoms. The zero-order valence-corrected chi connectivity index (χ0v) is 25.2. The fraction of sp³-hybridized carbons (Fsp3) is 0.484. The monoisotopic (exact) mass is 614 g/mol. The van der Waals surface area contributed by atoms with Crippen LogP contribution in [0.3, 0.4) is 0 Å². The second-order valence-corrected chi connectivity index (χ2v) is 15.9. The Morgan fingerprint density at radius 3 is 2.45 bits per heavy atom. The second-order valence-electron chi connectivity index (χ2n) is 11.8. The van der Waals surface area contributed by atoms with Gasteiger partial charge in [-0.2, -0.15) is 4.31 Å². The highest BCUT2D eigenvalue weighted by molar-refractivity contribution is 7.92. The van der Waals surface area contributed by atoms with E-state index in [0.29, 0.717) is 62.6 Å². The molecule has 42 heavy (non-hydrogen) atoms. The summed E-state index contributed by atoms with van der Waals surface area (Å²) in [6.07, 6.45) is 3.53. The van der Waals surface area contributed by atoms with Crippen LogP contribution >= 0.6 is 0 Å². The van der Waals surface area contributed by atoms with Crippen molar-refractivity contribution in [3.63, 3.8) is 0 Å². The predicted octanol–water partition coefficient (Wildman–Crippen LogP) is 3.51. The number of sulfone groups is 1. The van der Waals surface area contributed by atoms with Crippen molar-refractivity contribution >= 4 is 30.6 Å². The molecule has 0 radical (unpaired) electrons. The number of benzene rings is 3. The molecule has 6 rings (SSSR count). The molecule has 0 aromatic heterocycles. The number of ether oxygens (including phenoxy) is 2. The lowest BCUT2D eigenvalue weighted by Crippen LogP contribution is -2.47. The Labute approximate surface area is 247 Å². The molecule has 1 unspecified atom stereocenters. The number of nitrogens with zero attached hydrogens (tertiary/aromatic N) is 1. The lowest BCUT2D eigenvalue weighted by molar-refractivity contribution is -0.0312. The maximum atomic E-state index is 13.4. The molecule has 2 atom stereocenters. The molecule has 3 aromatic rings. The van der Waals surface area contributed by atoms with Gasteiger partial charge in [0.1, 0.15) is 18.5 Å². The number of hydrogen-bond donors (Lipinski definition) is 2. The first kappa shape index (κ1) is 29.5. The number of aliphatic hydroxyl groups is 1. The first-order valence-corrected chi connectivity index (χ1v) is 17.6. The smallest absolute Gasteiger partial charge is 0.243 e. The number of aliphatic hydroxyl groups excluding tert-OH is 1. The van der Waals surface area contributed by atoms with Crippen molar-refractivity contribution < 1.29 is 31.4 Å². The highest BCUT2D eigenvalue weighted by Crippen LogP contribution is 2.38. The van der Waals surface area contributed by atoms with E-state index in [1.54, 1.807) is 34.6 Å². The molecule has 0 amide bonds. The molecule has 9 nitrogen and oxygen atoms in total. The molecule has 2 aliphatic heterocycles. The van der Waals surface area contributed by atoms with Gasteiger partial charge in [0, 0.05) is 25.7 Å². The summed E-state index contributed by atoms with van der Waals surface area (Å²) >= 11 is 0. The first-order chi connectivity index (χ1) is 20.1. The van der Waals surface area contributed by atoms with Gasteiger partial charge >= 0.3 is 0 Å². The van der Waals surface area contributed by atoms with E-state index in [2.05, 4.69) is 5.32 Å². The number of nitrogens with one attached hydrogen (secondary N) is 1. The molecule has 2 N–H and O–H groups in total. The Hall–Kier alpha value is -2.54. The van der Waals surface area contributed by atoms with E-state index in [1.165, 1.54) is 6.07 Å². The van der Waals surface area contributed by atoms with Gasteiger partial charge in [0.25, 0.3) is 0 Å². The molecule has 2 saturated heterocycles. The van der Waals surface area contributed by atoms with Crippen LogP contribution in [0.15, 0.2) is 76.5 Å². The van der Waals surface area contributed by atoms with Gasteiger partial charge in [0.05, 0.1) is 27.2 Å². The maximum absolute atomic E-state index is 13.4. The van der Waals surface area contributed by atoms with Gasteiger partial charge in [0.2, 0.25) is 10.0 Å². The Kier molecular flexibility index (Phi) is 8.34. The molecule has 3 aromatic carbocycles. The van der Waals surface area contributed by atoms with Gasteiger partial charge in [-0.1, -0.05) is 42.8 Å². The van der Waals surface area contributed by atoms with E-state index in [1.807, 2.05) is 30.3 Å². The van der Waals surface area contributed by atoms with E-state index in [-0.39, 0.29) is 28.4 Å². The Balaban J connectivity index is 0.967. The van der Waals surface area contributed by atoms with Crippen LogP contribution in [0.5, 0.6) is 5.75 Å². The van der Waals surface area contributed by atoms with Crippen molar-refractivity contribution in [3.8, 4) is 5.75 Å². The van der Waals surface area contributed by atoms with Crippen LogP contribution in [-0.4, -0.2) is 82.1 Å². The summed E-state index contributed by atoms with van der Waals surface area (Å²) in [6, 6.07) is 19.5. The predicted molar refractivity (Wildman–Crippen MR) is 160 cm³/mol. The minimum Gasteiger partial charge on any atom is -0.491 e. The summed E-state index contributed by atoms with van der Waals surface area (Å²) in [5.74, 6) is 0.419. The van der Waals surface area contributed by atoms with Crippen LogP contribution in [0.4, 0.5) is 0 Å². The van der Waals surface area contributed by atoms with Crippen LogP contribution < -0.4 is 10.1 Å². The molecule has 2 heterocycles. The summed E-state index contributed by atoms with van der Waals surface area (Å²) in [5, 5.41) is 15.5. The fourth-order valence-corrected chi connectivity index (χ4v) is 9.47. The molecule has 1 saturated carbocycles. The third kappa shape index (κ3) is 6.09. The second kappa shape index (κ2) is 11.9. The van der Waals surface area contributed by atoms with Crippen LogP contribution in [0, 0.1) is 0 Å². The van der Waals surface area contributed by atoms with E-state index in [9.17, 15) is 21.9 Å². The van der Waals surface area contributed by atoms with Crippen LogP contribution in [-0.2, 0) is 24.6 Å². The molecule has 226 valence electrons. The standard InChI is InChI=1S/C31H38N2O7S2/c34-26(22-39-27-7-3-10-29(18-27)41(35,36)28-8-4-9-28)20-32-25-19-31(40-21-25)13-15-33(16-14-31)42(37,38)30-12-11-23-5-1-2-6-24(23)17-30/h1-3,5-7,10-12,17-18,25-26,28,32,34H,4,8-9,13-16,19-22H2/t25?,26-/m0/s1. The fourth-order valence-electron chi connectivity index (χ4n) is 6.10. The number of piperidine rings is 1. The highest BCUT2D eigenvalue weighted by Gasteiger charge is 2.44. The summed E-state index contributed by atoms with van der Waals surface area (Å²) in [4.78, 5) is 0.578. The quantitative estimate of drug-likeness (QED) is 0.356. The van der Waals surface area contributed by atoms with Gasteiger partial charge in [-0.15, -0.1) is 0 Å². The van der Waals surface area contributed by atoms with Crippen molar-refractivity contribution in [2.75, 3.05) is 32.8 Å². The van der Waals surface area contributed by atoms with Gasteiger partial charge in [-0.05, 0) is 73.2 Å². The minimum absolute atomic E-state index is 0.0280. The Morgan fingerprint density at radius 2 is 1.71 bits per heavy atom. The van der Waals surface area contributed by atoms with Crippen molar-refractivity contribution in [3.05, 3.63) is 66.7 Å². The summed E-state index contributed by atoms with van der Waals surface area (Å²) in [7, 11) is -6.93. The summed E-state index contributed by atoms with van der Waals surface area (Å²) in [5.41, 5.74) is -0.374. The van der Waals surface area contributed by atoms with Gasteiger partial charge < -0.3 is 19.9 Å². The van der Waals surface area contributed by atoms with Crippen molar-refractivity contribution in [1.82, 2.24) is 9.62 Å². The molecular formula is C31H38N2O7S2. The lowest BCUT2D eigenvalue weighted by atomic mass is 9.88. The SMILES string of the molecule is O=S(=O)(c1cccc(OC[C@@H](O)CNC2COC3(CCN(S(=O)(=O)c4ccc5ccccc5c4)CC3)C2)c1)C1CCC1. The van der Waals surface area contributed by atoms with Crippen LogP contribution in [0.25, 0.3) is 10.8 Å². The van der Waals surface area contributed by atoms with Gasteiger partial charge in [-0.25, -0.2) is 16.8 Å². The van der Waals surface area contributed by atoms with E-state index < -0.39 is 26.0 Å². The average Bonchev–Trinajstić information content (AvgIpc) is 3.36. The molecule has 3 aliphatic rings. The number of sulfonamides is 1. The molecular weight excluding hydrogens is 576 g/mol. The van der Waals surface area contributed by atoms with Crippen molar-refractivity contribution in [1.29, 1.82) is 0 Å². The van der Waals surface area contributed by atoms with Gasteiger partial charge in [0.15, 0.2) is 9.84 Å². The average molecular weight is 615 g/mol. The van der Waals surface area contributed by atoms with Crippen LogP contribution in [0.1, 0.15) is 38.5 Å². The normalized spacial score (nSPS) is 22.3. The van der Waals surface area contributed by atoms with Crippen molar-refractivity contribution in [2.45, 2.75) is 71.3 Å². The number of rotatable bonds is 10. The molecule has 1 aliphatic carbocycles. The molecule has 1 spiro atoms. The number of fused-ring (bicyclic) bond motifs is 1. The van der Waals surface area contributed by atoms with E-state index in [4.69, 9.17) is 9.47 Å². The largest absolute Gasteiger partial charge is 0.491 e. The minimum atomic E-state index is -3.60. The zero-order valence-electron chi connectivity index (χ0n) is 23.5. The maximum Gasteiger partial charge on any atom is 0.243 e. The summed E-state index contributed by atoms with van der Waals surface area (Å²) < 4.78 is 65.6. The number of hydrogen-bond acceptors (Lipinski definition) is 8. The third-order valence-corrected chi connectivity index (χ3v) is 13.1.